The quantitative estimate of drug-likeness (QED) is 0.500. The molecular formula is C9H19NOS. The SMILES string of the molecule is CCCCCN(CCS)C(C)=O. The lowest BCUT2D eigenvalue weighted by molar-refractivity contribution is -0.128. The van der Waals surface area contributed by atoms with Crippen LogP contribution in [0.15, 0.2) is 0 Å². The Balaban J connectivity index is 3.56. The summed E-state index contributed by atoms with van der Waals surface area (Å²) in [7, 11) is 0. The first kappa shape index (κ1) is 11.8. The van der Waals surface area contributed by atoms with E-state index in [4.69, 9.17) is 0 Å². The lowest BCUT2D eigenvalue weighted by atomic mass is 10.2. The van der Waals surface area contributed by atoms with Gasteiger partial charge in [0.05, 0.1) is 0 Å². The Morgan fingerprint density at radius 3 is 2.42 bits per heavy atom. The Morgan fingerprint density at radius 2 is 2.00 bits per heavy atom. The highest BCUT2D eigenvalue weighted by atomic mass is 32.1. The molecule has 0 rings (SSSR count). The molecule has 2 nitrogen and oxygen atoms in total. The van der Waals surface area contributed by atoms with Crippen LogP contribution in [0.25, 0.3) is 0 Å². The van der Waals surface area contributed by atoms with Gasteiger partial charge < -0.3 is 4.90 Å². The minimum Gasteiger partial charge on any atom is -0.342 e. The maximum Gasteiger partial charge on any atom is 0.219 e. The molecule has 0 saturated carbocycles. The lowest BCUT2D eigenvalue weighted by Gasteiger charge is -2.19. The average molecular weight is 189 g/mol. The molecule has 0 radical (unpaired) electrons. The van der Waals surface area contributed by atoms with Crippen molar-refractivity contribution in [2.75, 3.05) is 18.8 Å². The number of rotatable bonds is 6. The van der Waals surface area contributed by atoms with E-state index in [-0.39, 0.29) is 5.91 Å². The van der Waals surface area contributed by atoms with E-state index < -0.39 is 0 Å². The molecule has 72 valence electrons. The summed E-state index contributed by atoms with van der Waals surface area (Å²) in [6, 6.07) is 0. The van der Waals surface area contributed by atoms with Crippen molar-refractivity contribution in [2.45, 2.75) is 33.1 Å². The second-order valence-electron chi connectivity index (χ2n) is 2.94. The van der Waals surface area contributed by atoms with Crippen LogP contribution in [-0.2, 0) is 4.79 Å². The molecule has 0 aliphatic carbocycles. The molecule has 0 N–H and O–H groups in total. The predicted octanol–water partition coefficient (Wildman–Crippen LogP) is 1.95. The van der Waals surface area contributed by atoms with E-state index >= 15 is 0 Å². The minimum atomic E-state index is 0.167. The number of thiol groups is 1. The van der Waals surface area contributed by atoms with E-state index in [0.29, 0.717) is 0 Å². The Kier molecular flexibility index (Phi) is 7.36. The normalized spacial score (nSPS) is 9.92. The van der Waals surface area contributed by atoms with E-state index in [1.165, 1.54) is 12.8 Å². The second kappa shape index (κ2) is 7.47. The maximum atomic E-state index is 11.0. The van der Waals surface area contributed by atoms with Gasteiger partial charge in [0, 0.05) is 25.8 Å². The van der Waals surface area contributed by atoms with Gasteiger partial charge in [-0.05, 0) is 6.42 Å². The van der Waals surface area contributed by atoms with E-state index in [9.17, 15) is 4.79 Å². The zero-order valence-electron chi connectivity index (χ0n) is 8.05. The van der Waals surface area contributed by atoms with Gasteiger partial charge in [-0.3, -0.25) is 4.79 Å². The predicted molar refractivity (Wildman–Crippen MR) is 55.6 cm³/mol. The molecule has 0 aromatic heterocycles. The van der Waals surface area contributed by atoms with Crippen LogP contribution in [0, 0.1) is 0 Å². The number of amides is 1. The van der Waals surface area contributed by atoms with Gasteiger partial charge in [-0.1, -0.05) is 19.8 Å². The number of carbonyl (C=O) groups excluding carboxylic acids is 1. The third-order valence-corrected chi connectivity index (χ3v) is 2.05. The third kappa shape index (κ3) is 5.47. The first-order chi connectivity index (χ1) is 5.72. The smallest absolute Gasteiger partial charge is 0.219 e. The molecule has 3 heteroatoms. The van der Waals surface area contributed by atoms with Gasteiger partial charge in [0.1, 0.15) is 0 Å². The van der Waals surface area contributed by atoms with Crippen LogP contribution in [0.1, 0.15) is 33.1 Å². The molecule has 0 aliphatic rings. The highest BCUT2D eigenvalue weighted by Gasteiger charge is 2.05. The number of hydrogen-bond acceptors (Lipinski definition) is 2. The van der Waals surface area contributed by atoms with Crippen LogP contribution >= 0.6 is 12.6 Å². The van der Waals surface area contributed by atoms with Crippen molar-refractivity contribution in [1.82, 2.24) is 4.90 Å². The number of nitrogens with zero attached hydrogens (tertiary/aromatic N) is 1. The van der Waals surface area contributed by atoms with Crippen molar-refractivity contribution in [2.24, 2.45) is 0 Å². The minimum absolute atomic E-state index is 0.167. The Bertz CT molecular complexity index is 128. The molecule has 0 saturated heterocycles. The van der Waals surface area contributed by atoms with E-state index in [1.54, 1.807) is 6.92 Å². The van der Waals surface area contributed by atoms with Crippen LogP contribution in [0.2, 0.25) is 0 Å². The third-order valence-electron chi connectivity index (χ3n) is 1.85. The van der Waals surface area contributed by atoms with E-state index in [2.05, 4.69) is 19.6 Å². The summed E-state index contributed by atoms with van der Waals surface area (Å²) in [5, 5.41) is 0. The summed E-state index contributed by atoms with van der Waals surface area (Å²) in [4.78, 5) is 12.9. The molecule has 0 atom stereocenters. The molecule has 0 spiro atoms. The van der Waals surface area contributed by atoms with Gasteiger partial charge in [0.15, 0.2) is 0 Å². The van der Waals surface area contributed by atoms with Crippen molar-refractivity contribution in [3.05, 3.63) is 0 Å². The molecule has 0 aliphatic heterocycles. The molecule has 0 aromatic carbocycles. The Hall–Kier alpha value is -0.180. The first-order valence-electron chi connectivity index (χ1n) is 4.58. The summed E-state index contributed by atoms with van der Waals surface area (Å²) in [6.45, 7) is 5.46. The second-order valence-corrected chi connectivity index (χ2v) is 3.38. The Morgan fingerprint density at radius 1 is 1.33 bits per heavy atom. The van der Waals surface area contributed by atoms with Crippen molar-refractivity contribution in [1.29, 1.82) is 0 Å². The van der Waals surface area contributed by atoms with Crippen molar-refractivity contribution in [3.8, 4) is 0 Å². The maximum absolute atomic E-state index is 11.0. The zero-order chi connectivity index (χ0) is 9.40. The molecular weight excluding hydrogens is 170 g/mol. The van der Waals surface area contributed by atoms with Gasteiger partial charge in [0.2, 0.25) is 5.91 Å². The fourth-order valence-electron chi connectivity index (χ4n) is 1.10. The summed E-state index contributed by atoms with van der Waals surface area (Å²) in [5.41, 5.74) is 0. The highest BCUT2D eigenvalue weighted by Crippen LogP contribution is 1.99. The first-order valence-corrected chi connectivity index (χ1v) is 5.22. The fraction of sp³-hybridized carbons (Fsp3) is 0.889. The number of carbonyl (C=O) groups is 1. The summed E-state index contributed by atoms with van der Waals surface area (Å²) < 4.78 is 0. The van der Waals surface area contributed by atoms with Crippen LogP contribution in [-0.4, -0.2) is 29.6 Å². The fourth-order valence-corrected chi connectivity index (χ4v) is 1.34. The number of unbranched alkanes of at least 4 members (excludes halogenated alkanes) is 2. The summed E-state index contributed by atoms with van der Waals surface area (Å²) in [6.07, 6.45) is 3.52. The monoisotopic (exact) mass is 189 g/mol. The van der Waals surface area contributed by atoms with Crippen LogP contribution in [0.3, 0.4) is 0 Å². The highest BCUT2D eigenvalue weighted by molar-refractivity contribution is 7.80. The average Bonchev–Trinajstić information content (AvgIpc) is 2.03. The van der Waals surface area contributed by atoms with E-state index in [1.807, 2.05) is 4.90 Å². The molecule has 0 heterocycles. The van der Waals surface area contributed by atoms with Gasteiger partial charge >= 0.3 is 0 Å². The molecule has 0 fully saturated rings. The summed E-state index contributed by atoms with van der Waals surface area (Å²) in [5.74, 6) is 0.922. The molecule has 12 heavy (non-hydrogen) atoms. The van der Waals surface area contributed by atoms with Crippen LogP contribution < -0.4 is 0 Å². The molecule has 0 aromatic rings. The van der Waals surface area contributed by atoms with Crippen molar-refractivity contribution in [3.63, 3.8) is 0 Å². The Labute approximate surface area is 80.7 Å². The van der Waals surface area contributed by atoms with Crippen LogP contribution in [0.4, 0.5) is 0 Å². The standard InChI is InChI=1S/C9H19NOS/c1-3-4-5-6-10(7-8-12)9(2)11/h12H,3-8H2,1-2H3. The van der Waals surface area contributed by atoms with Crippen molar-refractivity contribution >= 4 is 18.5 Å². The van der Waals surface area contributed by atoms with E-state index in [0.717, 1.165) is 25.3 Å². The van der Waals surface area contributed by atoms with Gasteiger partial charge in [-0.25, -0.2) is 0 Å². The molecule has 0 bridgehead atoms. The zero-order valence-corrected chi connectivity index (χ0v) is 8.94. The summed E-state index contributed by atoms with van der Waals surface area (Å²) >= 11 is 4.11. The number of hydrogen-bond donors (Lipinski definition) is 1. The van der Waals surface area contributed by atoms with Gasteiger partial charge in [0.25, 0.3) is 0 Å². The van der Waals surface area contributed by atoms with Crippen LogP contribution in [0.5, 0.6) is 0 Å². The largest absolute Gasteiger partial charge is 0.342 e. The van der Waals surface area contributed by atoms with Gasteiger partial charge in [-0.15, -0.1) is 0 Å². The lowest BCUT2D eigenvalue weighted by Crippen LogP contribution is -2.31. The molecule has 0 unspecified atom stereocenters. The van der Waals surface area contributed by atoms with Gasteiger partial charge in [-0.2, -0.15) is 12.6 Å². The van der Waals surface area contributed by atoms with Crippen molar-refractivity contribution < 1.29 is 4.79 Å². The topological polar surface area (TPSA) is 20.3 Å². The molecule has 1 amide bonds.